The van der Waals surface area contributed by atoms with Gasteiger partial charge in [-0.15, -0.1) is 0 Å². The van der Waals surface area contributed by atoms with E-state index >= 15 is 0 Å². The molecule has 25 heavy (non-hydrogen) atoms. The summed E-state index contributed by atoms with van der Waals surface area (Å²) >= 11 is 0. The highest BCUT2D eigenvalue weighted by Gasteiger charge is 2.37. The SMILES string of the molecule is O=C(CCCc1ncc(-c2ccccc2)o1)N1CCO[C@@H]2CCC[C@@H]21. The van der Waals surface area contributed by atoms with Crippen LogP contribution >= 0.6 is 0 Å². The van der Waals surface area contributed by atoms with E-state index in [1.807, 2.05) is 35.2 Å². The number of hydrogen-bond acceptors (Lipinski definition) is 4. The van der Waals surface area contributed by atoms with E-state index in [9.17, 15) is 4.79 Å². The molecule has 1 saturated carbocycles. The lowest BCUT2D eigenvalue weighted by molar-refractivity contribution is -0.144. The molecule has 2 heterocycles. The molecule has 1 aromatic carbocycles. The van der Waals surface area contributed by atoms with Crippen molar-refractivity contribution in [3.63, 3.8) is 0 Å². The van der Waals surface area contributed by atoms with Crippen molar-refractivity contribution in [1.29, 1.82) is 0 Å². The van der Waals surface area contributed by atoms with Gasteiger partial charge in [-0.25, -0.2) is 4.98 Å². The van der Waals surface area contributed by atoms with Crippen LogP contribution in [-0.2, 0) is 16.0 Å². The smallest absolute Gasteiger partial charge is 0.223 e. The first kappa shape index (κ1) is 16.3. The summed E-state index contributed by atoms with van der Waals surface area (Å²) < 4.78 is 11.6. The van der Waals surface area contributed by atoms with Crippen molar-refractivity contribution in [2.24, 2.45) is 0 Å². The van der Waals surface area contributed by atoms with Crippen molar-refractivity contribution in [1.82, 2.24) is 9.88 Å². The van der Waals surface area contributed by atoms with Gasteiger partial charge < -0.3 is 14.1 Å². The van der Waals surface area contributed by atoms with Crippen molar-refractivity contribution in [2.75, 3.05) is 13.2 Å². The predicted molar refractivity (Wildman–Crippen MR) is 94.0 cm³/mol. The van der Waals surface area contributed by atoms with E-state index in [-0.39, 0.29) is 12.0 Å². The van der Waals surface area contributed by atoms with Gasteiger partial charge in [-0.05, 0) is 25.7 Å². The van der Waals surface area contributed by atoms with E-state index in [0.29, 0.717) is 31.4 Å². The number of nitrogens with zero attached hydrogens (tertiary/aromatic N) is 2. The van der Waals surface area contributed by atoms with Gasteiger partial charge in [0, 0.05) is 24.9 Å². The summed E-state index contributed by atoms with van der Waals surface area (Å²) in [6.45, 7) is 1.41. The molecule has 1 amide bonds. The number of carbonyl (C=O) groups excluding carboxylic acids is 1. The summed E-state index contributed by atoms with van der Waals surface area (Å²) in [5, 5.41) is 0. The zero-order valence-electron chi connectivity index (χ0n) is 14.4. The van der Waals surface area contributed by atoms with E-state index in [0.717, 1.165) is 43.6 Å². The number of aryl methyl sites for hydroxylation is 1. The highest BCUT2D eigenvalue weighted by atomic mass is 16.5. The number of carbonyl (C=O) groups is 1. The van der Waals surface area contributed by atoms with Gasteiger partial charge in [0.1, 0.15) is 0 Å². The van der Waals surface area contributed by atoms with Gasteiger partial charge in [0.25, 0.3) is 0 Å². The largest absolute Gasteiger partial charge is 0.441 e. The quantitative estimate of drug-likeness (QED) is 0.836. The lowest BCUT2D eigenvalue weighted by Gasteiger charge is -2.37. The molecule has 4 rings (SSSR count). The second-order valence-corrected chi connectivity index (χ2v) is 6.83. The fourth-order valence-electron chi connectivity index (χ4n) is 3.93. The average Bonchev–Trinajstić information content (AvgIpc) is 3.31. The molecule has 2 atom stereocenters. The van der Waals surface area contributed by atoms with Crippen LogP contribution in [-0.4, -0.2) is 41.1 Å². The van der Waals surface area contributed by atoms with Crippen LogP contribution in [0, 0.1) is 0 Å². The van der Waals surface area contributed by atoms with E-state index in [2.05, 4.69) is 4.98 Å². The Morgan fingerprint density at radius 3 is 3.00 bits per heavy atom. The molecule has 1 aromatic heterocycles. The minimum absolute atomic E-state index is 0.245. The van der Waals surface area contributed by atoms with Gasteiger partial charge in [0.2, 0.25) is 5.91 Å². The zero-order valence-corrected chi connectivity index (χ0v) is 14.4. The fourth-order valence-corrected chi connectivity index (χ4v) is 3.93. The summed E-state index contributed by atoms with van der Waals surface area (Å²) in [6.07, 6.45) is 7.36. The molecule has 0 spiro atoms. The van der Waals surface area contributed by atoms with E-state index in [1.165, 1.54) is 0 Å². The summed E-state index contributed by atoms with van der Waals surface area (Å²) in [7, 11) is 0. The van der Waals surface area contributed by atoms with Crippen molar-refractivity contribution < 1.29 is 13.9 Å². The summed E-state index contributed by atoms with van der Waals surface area (Å²) in [5.74, 6) is 1.73. The van der Waals surface area contributed by atoms with Gasteiger partial charge in [0.15, 0.2) is 11.7 Å². The topological polar surface area (TPSA) is 55.6 Å². The third-order valence-electron chi connectivity index (χ3n) is 5.20. The molecule has 5 nitrogen and oxygen atoms in total. The van der Waals surface area contributed by atoms with Crippen LogP contribution in [0.3, 0.4) is 0 Å². The molecule has 0 unspecified atom stereocenters. The van der Waals surface area contributed by atoms with E-state index < -0.39 is 0 Å². The molecule has 0 bridgehead atoms. The van der Waals surface area contributed by atoms with Crippen molar-refractivity contribution in [2.45, 2.75) is 50.7 Å². The Hall–Kier alpha value is -2.14. The number of aromatic nitrogens is 1. The number of ether oxygens (including phenoxy) is 1. The molecular formula is C20H24N2O3. The number of rotatable bonds is 5. The number of morpholine rings is 1. The van der Waals surface area contributed by atoms with Crippen molar-refractivity contribution >= 4 is 5.91 Å². The first-order valence-corrected chi connectivity index (χ1v) is 9.22. The summed E-state index contributed by atoms with van der Waals surface area (Å²) in [4.78, 5) is 19.0. The minimum Gasteiger partial charge on any atom is -0.441 e. The number of oxazole rings is 1. The van der Waals surface area contributed by atoms with Gasteiger partial charge in [-0.2, -0.15) is 0 Å². The highest BCUT2D eigenvalue weighted by molar-refractivity contribution is 5.76. The maximum Gasteiger partial charge on any atom is 0.223 e. The first-order chi connectivity index (χ1) is 12.3. The molecule has 1 saturated heterocycles. The van der Waals surface area contributed by atoms with Crippen LogP contribution in [0.4, 0.5) is 0 Å². The Kier molecular flexibility index (Phi) is 4.83. The van der Waals surface area contributed by atoms with Crippen LogP contribution < -0.4 is 0 Å². The Morgan fingerprint density at radius 2 is 2.12 bits per heavy atom. The van der Waals surface area contributed by atoms with Crippen molar-refractivity contribution in [3.8, 4) is 11.3 Å². The van der Waals surface area contributed by atoms with E-state index in [4.69, 9.17) is 9.15 Å². The van der Waals surface area contributed by atoms with Crippen LogP contribution in [0.1, 0.15) is 38.0 Å². The second-order valence-electron chi connectivity index (χ2n) is 6.83. The fraction of sp³-hybridized carbons (Fsp3) is 0.500. The lowest BCUT2D eigenvalue weighted by atomic mass is 10.1. The summed E-state index contributed by atoms with van der Waals surface area (Å²) in [5.41, 5.74) is 1.03. The first-order valence-electron chi connectivity index (χ1n) is 9.22. The molecule has 0 radical (unpaired) electrons. The van der Waals surface area contributed by atoms with Gasteiger partial charge in [-0.3, -0.25) is 4.79 Å². The Bertz CT molecular complexity index is 713. The molecule has 2 aliphatic rings. The Morgan fingerprint density at radius 1 is 1.24 bits per heavy atom. The minimum atomic E-state index is 0.245. The standard InChI is InChI=1S/C20H24N2O3/c23-20(22-12-13-24-17-9-4-8-16(17)22)11-5-10-19-21-14-18(25-19)15-6-2-1-3-7-15/h1-3,6-7,14,16-17H,4-5,8-13H2/t16-,17+/m0/s1. The lowest BCUT2D eigenvalue weighted by Crippen LogP contribution is -2.51. The molecular weight excluding hydrogens is 316 g/mol. The van der Waals surface area contributed by atoms with Crippen molar-refractivity contribution in [3.05, 3.63) is 42.4 Å². The van der Waals surface area contributed by atoms with Crippen LogP contribution in [0.15, 0.2) is 40.9 Å². The predicted octanol–water partition coefficient (Wildman–Crippen LogP) is 3.44. The average molecular weight is 340 g/mol. The normalized spacial score (nSPS) is 22.8. The Labute approximate surface area is 148 Å². The maximum atomic E-state index is 12.6. The van der Waals surface area contributed by atoms with Crippen LogP contribution in [0.2, 0.25) is 0 Å². The van der Waals surface area contributed by atoms with Gasteiger partial charge in [0.05, 0.1) is 24.9 Å². The van der Waals surface area contributed by atoms with E-state index in [1.54, 1.807) is 6.20 Å². The van der Waals surface area contributed by atoms with Crippen LogP contribution in [0.25, 0.3) is 11.3 Å². The van der Waals surface area contributed by atoms with Gasteiger partial charge >= 0.3 is 0 Å². The number of benzene rings is 1. The van der Waals surface area contributed by atoms with Gasteiger partial charge in [-0.1, -0.05) is 30.3 Å². The molecule has 2 aromatic rings. The molecule has 132 valence electrons. The summed E-state index contributed by atoms with van der Waals surface area (Å²) in [6, 6.07) is 10.2. The maximum absolute atomic E-state index is 12.6. The number of amides is 1. The Balaban J connectivity index is 1.29. The number of fused-ring (bicyclic) bond motifs is 1. The third kappa shape index (κ3) is 3.61. The molecule has 5 heteroatoms. The monoisotopic (exact) mass is 340 g/mol. The number of hydrogen-bond donors (Lipinski definition) is 0. The molecule has 1 aliphatic heterocycles. The van der Waals surface area contributed by atoms with Crippen LogP contribution in [0.5, 0.6) is 0 Å². The second kappa shape index (κ2) is 7.40. The highest BCUT2D eigenvalue weighted by Crippen LogP contribution is 2.30. The molecule has 2 fully saturated rings. The zero-order chi connectivity index (χ0) is 17.1. The molecule has 1 aliphatic carbocycles. The third-order valence-corrected chi connectivity index (χ3v) is 5.20. The molecule has 0 N–H and O–H groups in total.